The zero-order chi connectivity index (χ0) is 24.8. The molecular weight excluding hydrogens is 478 g/mol. The number of methoxy groups -OCH3 is 1. The Morgan fingerprint density at radius 2 is 2.06 bits per heavy atom. The van der Waals surface area contributed by atoms with Gasteiger partial charge in [0.05, 0.1) is 34.8 Å². The molecule has 0 radical (unpaired) electrons. The fraction of sp³-hybridized carbons (Fsp3) is 0.519. The number of nitrogens with zero attached hydrogens (tertiary/aromatic N) is 3. The van der Waals surface area contributed by atoms with Gasteiger partial charge in [-0.15, -0.1) is 23.1 Å². The Morgan fingerprint density at radius 3 is 2.71 bits per heavy atom. The summed E-state index contributed by atoms with van der Waals surface area (Å²) in [5.74, 6) is 1.84. The van der Waals surface area contributed by atoms with E-state index in [1.54, 1.807) is 18.4 Å². The molecular formula is C27H37N3O3S2. The number of thiophene rings is 1. The topological polar surface area (TPSA) is 69.1 Å². The molecule has 3 aromatic rings. The lowest BCUT2D eigenvalue weighted by Crippen LogP contribution is -2.43. The lowest BCUT2D eigenvalue weighted by molar-refractivity contribution is 0.0255. The highest BCUT2D eigenvalue weighted by molar-refractivity contribution is 8.01. The summed E-state index contributed by atoms with van der Waals surface area (Å²) in [7, 11) is 5.60. The van der Waals surface area contributed by atoms with E-state index in [4.69, 9.17) is 4.74 Å². The second-order valence-electron chi connectivity index (χ2n) is 9.67. The number of ether oxygens (including phenoxy) is 1. The Hall–Kier alpha value is -1.84. The molecule has 0 aliphatic carbocycles. The second kappa shape index (κ2) is 11.9. The van der Waals surface area contributed by atoms with Crippen LogP contribution in [0.2, 0.25) is 0 Å². The van der Waals surface area contributed by atoms with E-state index in [1.165, 1.54) is 4.21 Å². The maximum atomic E-state index is 11.4. The summed E-state index contributed by atoms with van der Waals surface area (Å²) >= 11 is 3.72. The number of thioether (sulfide) groups is 1. The first kappa shape index (κ1) is 26.2. The highest BCUT2D eigenvalue weighted by Gasteiger charge is 2.34. The molecule has 2 aromatic heterocycles. The average Bonchev–Trinajstić information content (AvgIpc) is 3.40. The molecule has 35 heavy (non-hydrogen) atoms. The van der Waals surface area contributed by atoms with Crippen LogP contribution in [0.25, 0.3) is 10.9 Å². The van der Waals surface area contributed by atoms with Crippen molar-refractivity contribution in [3.63, 3.8) is 0 Å². The molecule has 0 amide bonds. The van der Waals surface area contributed by atoms with Crippen molar-refractivity contribution < 1.29 is 14.9 Å². The van der Waals surface area contributed by atoms with E-state index in [2.05, 4.69) is 27.4 Å². The average molecular weight is 516 g/mol. The minimum absolute atomic E-state index is 0.128. The van der Waals surface area contributed by atoms with Crippen molar-refractivity contribution in [2.45, 2.75) is 36.0 Å². The van der Waals surface area contributed by atoms with Gasteiger partial charge in [0.25, 0.3) is 0 Å². The molecule has 3 heterocycles. The third-order valence-electron chi connectivity index (χ3n) is 7.26. The van der Waals surface area contributed by atoms with Gasteiger partial charge >= 0.3 is 0 Å². The van der Waals surface area contributed by atoms with Gasteiger partial charge in [0.15, 0.2) is 0 Å². The van der Waals surface area contributed by atoms with Crippen LogP contribution in [0.5, 0.6) is 5.75 Å². The Balaban J connectivity index is 1.40. The summed E-state index contributed by atoms with van der Waals surface area (Å²) in [6.07, 6.45) is 4.52. The van der Waals surface area contributed by atoms with Gasteiger partial charge in [-0.05, 0) is 73.8 Å². The number of benzene rings is 1. The molecule has 1 aromatic carbocycles. The highest BCUT2D eigenvalue weighted by Crippen LogP contribution is 2.41. The smallest absolute Gasteiger partial charge is 0.119 e. The number of aliphatic hydroxyl groups excluding tert-OH is 2. The van der Waals surface area contributed by atoms with Crippen LogP contribution in [-0.2, 0) is 0 Å². The first-order chi connectivity index (χ1) is 16.9. The molecule has 4 rings (SSSR count). The second-order valence-corrected chi connectivity index (χ2v) is 12.0. The van der Waals surface area contributed by atoms with Crippen molar-refractivity contribution in [2.24, 2.45) is 5.41 Å². The van der Waals surface area contributed by atoms with Gasteiger partial charge in [0.1, 0.15) is 5.75 Å². The van der Waals surface area contributed by atoms with E-state index in [9.17, 15) is 10.2 Å². The lowest BCUT2D eigenvalue weighted by Gasteiger charge is -2.41. The maximum Gasteiger partial charge on any atom is 0.119 e. The highest BCUT2D eigenvalue weighted by atomic mass is 32.2. The van der Waals surface area contributed by atoms with Gasteiger partial charge in [0, 0.05) is 43.9 Å². The van der Waals surface area contributed by atoms with E-state index in [0.717, 1.165) is 72.6 Å². The number of fused-ring (bicyclic) bond motifs is 1. The molecule has 1 atom stereocenters. The molecule has 190 valence electrons. The molecule has 1 saturated heterocycles. The third-order valence-corrected chi connectivity index (χ3v) is 9.37. The number of pyridine rings is 1. The van der Waals surface area contributed by atoms with Gasteiger partial charge in [0.2, 0.25) is 0 Å². The number of rotatable bonds is 11. The number of hydrogen-bond donors (Lipinski definition) is 2. The Bertz CT molecular complexity index is 1080. The van der Waals surface area contributed by atoms with Gasteiger partial charge in [-0.2, -0.15) is 0 Å². The van der Waals surface area contributed by atoms with E-state index < -0.39 is 6.10 Å². The van der Waals surface area contributed by atoms with E-state index in [1.807, 2.05) is 55.2 Å². The molecule has 1 aliphatic heterocycles. The molecule has 0 unspecified atom stereocenters. The van der Waals surface area contributed by atoms with Crippen LogP contribution >= 0.6 is 23.1 Å². The summed E-state index contributed by atoms with van der Waals surface area (Å²) < 4.78 is 6.82. The molecule has 1 fully saturated rings. The van der Waals surface area contributed by atoms with Crippen LogP contribution in [0.4, 0.5) is 5.69 Å². The summed E-state index contributed by atoms with van der Waals surface area (Å²) in [6.45, 7) is 3.24. The number of piperidine rings is 1. The van der Waals surface area contributed by atoms with Crippen LogP contribution in [0, 0.1) is 5.41 Å². The fourth-order valence-electron chi connectivity index (χ4n) is 4.96. The van der Waals surface area contributed by atoms with Crippen molar-refractivity contribution >= 4 is 39.7 Å². The Kier molecular flexibility index (Phi) is 8.94. The number of anilines is 1. The fourth-order valence-corrected chi connectivity index (χ4v) is 6.82. The van der Waals surface area contributed by atoms with E-state index in [-0.39, 0.29) is 12.0 Å². The number of hydrogen-bond acceptors (Lipinski definition) is 8. The molecule has 0 spiro atoms. The third kappa shape index (κ3) is 6.30. The minimum Gasteiger partial charge on any atom is -0.497 e. The zero-order valence-electron chi connectivity index (χ0n) is 20.9. The first-order valence-corrected chi connectivity index (χ1v) is 14.1. The van der Waals surface area contributed by atoms with E-state index in [0.29, 0.717) is 6.42 Å². The summed E-state index contributed by atoms with van der Waals surface area (Å²) in [5.41, 5.74) is 2.51. The predicted molar refractivity (Wildman–Crippen MR) is 147 cm³/mol. The Morgan fingerprint density at radius 1 is 1.26 bits per heavy atom. The van der Waals surface area contributed by atoms with Crippen LogP contribution in [0.1, 0.15) is 37.4 Å². The molecule has 0 saturated carbocycles. The van der Waals surface area contributed by atoms with Crippen LogP contribution in [-0.4, -0.2) is 73.3 Å². The van der Waals surface area contributed by atoms with Crippen molar-refractivity contribution in [3.8, 4) is 5.75 Å². The summed E-state index contributed by atoms with van der Waals surface area (Å²) in [6, 6.07) is 10.1. The van der Waals surface area contributed by atoms with E-state index >= 15 is 0 Å². The quantitative estimate of drug-likeness (QED) is 0.346. The summed E-state index contributed by atoms with van der Waals surface area (Å²) in [5, 5.41) is 24.8. The maximum absolute atomic E-state index is 11.4. The van der Waals surface area contributed by atoms with Crippen LogP contribution < -0.4 is 9.64 Å². The van der Waals surface area contributed by atoms with Crippen molar-refractivity contribution in [1.82, 2.24) is 9.88 Å². The largest absolute Gasteiger partial charge is 0.497 e. The number of aliphatic hydroxyl groups is 2. The number of likely N-dealkylation sites (tertiary alicyclic amines) is 1. The monoisotopic (exact) mass is 515 g/mol. The molecule has 1 aliphatic rings. The van der Waals surface area contributed by atoms with Gasteiger partial charge < -0.3 is 24.7 Å². The van der Waals surface area contributed by atoms with Crippen molar-refractivity contribution in [1.29, 1.82) is 0 Å². The van der Waals surface area contributed by atoms with Crippen LogP contribution in [0.15, 0.2) is 46.1 Å². The van der Waals surface area contributed by atoms with Gasteiger partial charge in [-0.1, -0.05) is 6.07 Å². The van der Waals surface area contributed by atoms with Crippen LogP contribution in [0.3, 0.4) is 0 Å². The van der Waals surface area contributed by atoms with Gasteiger partial charge in [-0.3, -0.25) is 4.98 Å². The molecule has 0 bridgehead atoms. The van der Waals surface area contributed by atoms with Crippen molar-refractivity contribution in [2.75, 3.05) is 58.1 Å². The Labute approximate surface area is 216 Å². The molecule has 8 heteroatoms. The zero-order valence-corrected chi connectivity index (χ0v) is 22.6. The summed E-state index contributed by atoms with van der Waals surface area (Å²) in [4.78, 5) is 9.11. The minimum atomic E-state index is -0.645. The molecule has 2 N–H and O–H groups in total. The standard InChI is InChI=1S/C27H37N3O3S2/c1-29(2)23-18-28-22-7-6-20(33-3)17-21(22)26(23)24(32)8-9-27(19-31)10-12-30(13-11-27)14-16-35-25-5-4-15-34-25/h4-7,15,17-18,24,31-32H,8-14,16,19H2,1-3H3/t24-/m1/s1. The van der Waals surface area contributed by atoms with Crippen molar-refractivity contribution in [3.05, 3.63) is 47.5 Å². The first-order valence-electron chi connectivity index (χ1n) is 12.3. The number of aromatic nitrogens is 1. The predicted octanol–water partition coefficient (Wildman–Crippen LogP) is 5.05. The molecule has 6 nitrogen and oxygen atoms in total. The normalized spacial score (nSPS) is 16.9. The SMILES string of the molecule is COc1ccc2ncc(N(C)C)c([C@H](O)CCC3(CO)CCN(CCSc4cccs4)CC3)c2c1. The van der Waals surface area contributed by atoms with Gasteiger partial charge in [-0.25, -0.2) is 0 Å². The lowest BCUT2D eigenvalue weighted by atomic mass is 9.74.